The van der Waals surface area contributed by atoms with Gasteiger partial charge in [-0.15, -0.1) is 48.6 Å². The first-order chi connectivity index (χ1) is 46.3. The Morgan fingerprint density at radius 3 is 1.99 bits per heavy atom. The summed E-state index contributed by atoms with van der Waals surface area (Å²) in [6, 6.07) is 33.7. The van der Waals surface area contributed by atoms with Gasteiger partial charge < -0.3 is 49.3 Å². The Morgan fingerprint density at radius 2 is 1.32 bits per heavy atom. The lowest BCUT2D eigenvalue weighted by Crippen LogP contribution is -2.50. The first kappa shape index (κ1) is 80.3. The molecule has 2 N–H and O–H groups in total. The summed E-state index contributed by atoms with van der Waals surface area (Å²) >= 11 is 1.41. The van der Waals surface area contributed by atoms with Gasteiger partial charge in [-0.3, -0.25) is 24.1 Å². The Labute approximate surface area is 602 Å². The highest BCUT2D eigenvalue weighted by Gasteiger charge is 2.50. The fourth-order valence-corrected chi connectivity index (χ4v) is 15.2. The minimum atomic E-state index is -5.15. The molecule has 3 saturated heterocycles. The van der Waals surface area contributed by atoms with Crippen molar-refractivity contribution in [3.8, 4) is 11.1 Å². The number of hydrogen-bond acceptors (Lipinski definition) is 11. The number of anilines is 2. The van der Waals surface area contributed by atoms with Gasteiger partial charge in [-0.1, -0.05) is 91.3 Å². The average Bonchev–Trinajstić information content (AvgIpc) is 1.58. The zero-order valence-electron chi connectivity index (χ0n) is 56.5. The normalized spacial score (nSPS) is 17.7. The molecular formula is C73H88Cl3F7N8O8S. The Bertz CT molecular complexity index is 3700. The molecule has 5 aromatic carbocycles. The minimum Gasteiger partial charge on any atom is -0.465 e. The number of hydrogen-bond donors (Lipinski definition) is 2. The summed E-state index contributed by atoms with van der Waals surface area (Å²) < 4.78 is 110. The first-order valence-corrected chi connectivity index (χ1v) is 34.0. The second-order valence-electron chi connectivity index (χ2n) is 26.2. The number of halogens is 10. The van der Waals surface area contributed by atoms with Crippen LogP contribution in [0.3, 0.4) is 0 Å². The van der Waals surface area contributed by atoms with Gasteiger partial charge in [-0.2, -0.15) is 26.3 Å². The predicted molar refractivity (Wildman–Crippen MR) is 380 cm³/mol. The van der Waals surface area contributed by atoms with Gasteiger partial charge in [-0.25, -0.2) is 9.18 Å². The second kappa shape index (κ2) is 35.2. The number of alkyl halides is 6. The van der Waals surface area contributed by atoms with Crippen LogP contribution in [0.15, 0.2) is 127 Å². The van der Waals surface area contributed by atoms with Gasteiger partial charge in [0.05, 0.1) is 39.3 Å². The van der Waals surface area contributed by atoms with Crippen molar-refractivity contribution in [2.75, 3.05) is 117 Å². The van der Waals surface area contributed by atoms with Gasteiger partial charge in [0.2, 0.25) is 11.8 Å². The number of nitrogens with one attached hydrogen (secondary N) is 1. The fraction of sp³-hybridized carbons (Fsp3) is 0.466. The number of piperidine rings is 2. The summed E-state index contributed by atoms with van der Waals surface area (Å²) in [5.41, 5.74) is 0.516. The van der Waals surface area contributed by atoms with Crippen molar-refractivity contribution in [1.82, 2.24) is 29.4 Å². The number of carboxylic acid groups (broad SMARTS) is 1. The average molecular weight is 1480 g/mol. The first-order valence-electron chi connectivity index (χ1n) is 33.2. The number of likely N-dealkylation sites (N-methyl/N-ethyl adjacent to an activating group) is 2. The van der Waals surface area contributed by atoms with E-state index in [4.69, 9.17) is 9.47 Å². The number of fused-ring (bicyclic) bond motifs is 2. The maximum absolute atomic E-state index is 14.3. The number of ether oxygens (including phenoxy) is 2. The van der Waals surface area contributed by atoms with Crippen molar-refractivity contribution in [2.24, 2.45) is 0 Å². The van der Waals surface area contributed by atoms with Crippen molar-refractivity contribution < 1.29 is 69.3 Å². The number of nitrogens with zero attached hydrogens (tertiary/aromatic N) is 7. The third-order valence-electron chi connectivity index (χ3n) is 19.8. The fourth-order valence-electron chi connectivity index (χ4n) is 14.1. The molecule has 100 heavy (non-hydrogen) atoms. The van der Waals surface area contributed by atoms with Crippen LogP contribution in [0.4, 0.5) is 46.2 Å². The summed E-state index contributed by atoms with van der Waals surface area (Å²) in [5.74, 6) is -1.81. The number of aryl methyl sites for hydroxylation is 1. The van der Waals surface area contributed by atoms with E-state index in [1.54, 1.807) is 28.8 Å². The van der Waals surface area contributed by atoms with Crippen molar-refractivity contribution in [1.29, 1.82) is 0 Å². The summed E-state index contributed by atoms with van der Waals surface area (Å²) in [6.45, 7) is 7.05. The molecule has 1 aliphatic carbocycles. The van der Waals surface area contributed by atoms with E-state index in [1.165, 1.54) is 40.5 Å². The maximum atomic E-state index is 14.3. The number of unbranched alkanes of at least 4 members (excludes halogenated alkanes) is 2. The molecule has 4 heterocycles. The third-order valence-corrected chi connectivity index (χ3v) is 21.0. The largest absolute Gasteiger partial charge is 0.465 e. The Hall–Kier alpha value is -7.03. The molecule has 0 unspecified atom stereocenters. The smallest absolute Gasteiger partial charge is 0.416 e. The lowest BCUT2D eigenvalue weighted by molar-refractivity contribution is -0.143. The minimum absolute atomic E-state index is 0. The van der Waals surface area contributed by atoms with Gasteiger partial charge in [0.15, 0.2) is 0 Å². The molecule has 0 radical (unpaired) electrons. The number of rotatable bonds is 26. The molecule has 4 aliphatic rings. The van der Waals surface area contributed by atoms with Crippen molar-refractivity contribution >= 4 is 89.0 Å². The lowest BCUT2D eigenvalue weighted by atomic mass is 9.72. The lowest BCUT2D eigenvalue weighted by Gasteiger charge is -2.44. The maximum Gasteiger partial charge on any atom is 0.416 e. The van der Waals surface area contributed by atoms with E-state index >= 15 is 0 Å². The standard InChI is InChI=1S/C73H85F7N8O8S.3ClH/c1-50-42-63(81-32-14-6-9-22-64(89)83(3)40-41-85-35-27-58(28-36-85)88(69(93)94)61-21-13-11-19-59(61)51-16-7-5-8-17-51)97-66(50)68(92)84(4)34-15-33-82(2)65(90)47-95-62-45-52-18-10-12-20-60(52)70(62)29-37-86(38-30-70)39-31-71(54-23-25-57(74)26-24-54)48-87(49-96-71)67(91)53-43-55(72(75,76)77)46-56(44-53)73(78,79)80;;;/h5,7-8,10-13,16-21,23-26,42-44,46,58,62,81H,6,9,14-15,22,27-41,45,47-49H2,1-4H3,(H,93,94);3*1H/t62-,71-;;;/m0.../s1. The van der Waals surface area contributed by atoms with Gasteiger partial charge >= 0.3 is 18.4 Å². The molecule has 1 spiro atoms. The van der Waals surface area contributed by atoms with Crippen LogP contribution < -0.4 is 10.2 Å². The number of para-hydroxylation sites is 1. The number of thiophene rings is 1. The number of carbonyl (C=O) groups is 5. The molecule has 2 atom stereocenters. The van der Waals surface area contributed by atoms with E-state index in [1.807, 2.05) is 86.8 Å². The summed E-state index contributed by atoms with van der Waals surface area (Å²) in [5, 5.41) is 14.7. The number of benzene rings is 5. The Kier molecular flexibility index (Phi) is 28.3. The second-order valence-corrected chi connectivity index (χ2v) is 27.2. The highest BCUT2D eigenvalue weighted by atomic mass is 35.5. The molecule has 0 saturated carbocycles. The van der Waals surface area contributed by atoms with Crippen molar-refractivity contribution in [3.63, 3.8) is 0 Å². The Morgan fingerprint density at radius 1 is 0.700 bits per heavy atom. The zero-order valence-corrected chi connectivity index (χ0v) is 59.7. The van der Waals surface area contributed by atoms with Crippen LogP contribution in [0.1, 0.15) is 118 Å². The zero-order chi connectivity index (χ0) is 69.2. The van der Waals surface area contributed by atoms with Gasteiger partial charge in [-0.05, 0) is 148 Å². The molecule has 10 rings (SSSR count). The molecule has 0 bridgehead atoms. The van der Waals surface area contributed by atoms with Gasteiger partial charge in [0, 0.05) is 103 Å². The predicted octanol–water partition coefficient (Wildman–Crippen LogP) is 14.6. The molecule has 16 nitrogen and oxygen atoms in total. The number of carbonyl (C=O) groups excluding carboxylic acids is 4. The van der Waals surface area contributed by atoms with Crippen LogP contribution in [0.5, 0.6) is 0 Å². The van der Waals surface area contributed by atoms with Crippen LogP contribution in [-0.2, 0) is 48.9 Å². The van der Waals surface area contributed by atoms with Crippen LogP contribution in [-0.4, -0.2) is 183 Å². The van der Waals surface area contributed by atoms with E-state index < -0.39 is 64.6 Å². The van der Waals surface area contributed by atoms with Crippen LogP contribution >= 0.6 is 48.6 Å². The van der Waals surface area contributed by atoms with Gasteiger partial charge in [0.1, 0.15) is 24.8 Å². The molecule has 27 heteroatoms. The number of amides is 5. The summed E-state index contributed by atoms with van der Waals surface area (Å²) in [4.78, 5) is 79.8. The van der Waals surface area contributed by atoms with E-state index in [0.29, 0.717) is 119 Å². The molecule has 6 aromatic rings. The van der Waals surface area contributed by atoms with Crippen LogP contribution in [0.25, 0.3) is 11.1 Å². The van der Waals surface area contributed by atoms with Crippen molar-refractivity contribution in [2.45, 2.75) is 113 Å². The van der Waals surface area contributed by atoms with E-state index in [0.717, 1.165) is 76.6 Å². The summed E-state index contributed by atoms with van der Waals surface area (Å²) in [7, 11) is 5.32. The van der Waals surface area contributed by atoms with Crippen LogP contribution in [0, 0.1) is 12.7 Å². The highest BCUT2D eigenvalue weighted by molar-refractivity contribution is 7.18. The molecule has 3 fully saturated rings. The Balaban J connectivity index is 0.00000468. The van der Waals surface area contributed by atoms with E-state index in [2.05, 4.69) is 27.2 Å². The van der Waals surface area contributed by atoms with Gasteiger partial charge in [0.25, 0.3) is 11.8 Å². The SMILES string of the molecule is Cc1cc(NCCCCCC(=O)N(C)CCN2CCC(N(C(=O)O)c3ccccc3-c3ccccc3)CC2)sc1C(=O)N(C)CCCN(C)C(=O)CO[C@H]1Cc2ccccc2C12CCN(CC[C@@]1(c3ccc(F)cc3)CN(C(=O)c3cc(C(F)(F)F)cc(C(F)(F)F)c3)CO1)CC2.Cl.Cl.Cl. The number of likely N-dealkylation sites (tertiary alicyclic amines) is 2. The molecule has 5 amide bonds. The third kappa shape index (κ3) is 19.4. The monoisotopic (exact) mass is 1470 g/mol. The molecule has 544 valence electrons. The highest BCUT2D eigenvalue weighted by Crippen LogP contribution is 2.49. The molecular weight excluding hydrogens is 1390 g/mol. The van der Waals surface area contributed by atoms with Crippen molar-refractivity contribution in [3.05, 3.63) is 177 Å². The molecule has 1 aromatic heterocycles. The summed E-state index contributed by atoms with van der Waals surface area (Å²) in [6.07, 6.45) is -4.52. The van der Waals surface area contributed by atoms with E-state index in [9.17, 15) is 59.8 Å². The van der Waals surface area contributed by atoms with Crippen LogP contribution in [0.2, 0.25) is 0 Å². The topological polar surface area (TPSA) is 159 Å². The quantitative estimate of drug-likeness (QED) is 0.0393. The molecule has 3 aliphatic heterocycles. The van der Waals surface area contributed by atoms with E-state index in [-0.39, 0.29) is 92.7 Å².